The van der Waals surface area contributed by atoms with Crippen molar-refractivity contribution >= 4 is 39.3 Å². The fraction of sp³-hybridized carbons (Fsp3) is 0.368. The highest BCUT2D eigenvalue weighted by atomic mass is 32.2. The lowest BCUT2D eigenvalue weighted by atomic mass is 10.1. The molecule has 0 spiro atoms. The van der Waals surface area contributed by atoms with Gasteiger partial charge in [0.1, 0.15) is 6.04 Å². The van der Waals surface area contributed by atoms with Crippen LogP contribution >= 0.6 is 12.6 Å². The van der Waals surface area contributed by atoms with E-state index < -0.39 is 22.1 Å². The third-order valence-electron chi connectivity index (χ3n) is 5.53. The van der Waals surface area contributed by atoms with Crippen LogP contribution in [0.25, 0.3) is 10.8 Å². The number of aromatic amines is 1. The highest BCUT2D eigenvalue weighted by Gasteiger charge is 2.44. The molecule has 1 amide bonds. The zero-order valence-corrected chi connectivity index (χ0v) is 18.2. The van der Waals surface area contributed by atoms with Crippen LogP contribution in [0.4, 0.5) is 0 Å². The number of tetrazole rings is 1. The Morgan fingerprint density at radius 2 is 2.00 bits per heavy atom. The number of aromatic nitrogens is 4. The third kappa shape index (κ3) is 3.68. The lowest BCUT2D eigenvalue weighted by Crippen LogP contribution is -2.47. The van der Waals surface area contributed by atoms with E-state index in [1.807, 2.05) is 24.3 Å². The van der Waals surface area contributed by atoms with Gasteiger partial charge in [0, 0.05) is 18.8 Å². The first-order valence-electron chi connectivity index (χ1n) is 9.48. The number of fused-ring (bicyclic) bond motifs is 1. The van der Waals surface area contributed by atoms with Gasteiger partial charge < -0.3 is 4.90 Å². The number of nitrogens with one attached hydrogen (secondary N) is 1. The second-order valence-corrected chi connectivity index (χ2v) is 10.0. The van der Waals surface area contributed by atoms with Crippen molar-refractivity contribution in [2.45, 2.75) is 35.6 Å². The second-order valence-electron chi connectivity index (χ2n) is 7.40. The van der Waals surface area contributed by atoms with Gasteiger partial charge in [-0.05, 0) is 46.7 Å². The number of H-pyrrole nitrogens is 1. The van der Waals surface area contributed by atoms with E-state index in [9.17, 15) is 13.2 Å². The summed E-state index contributed by atoms with van der Waals surface area (Å²) in [5.41, 5.74) is 0. The number of nitrogens with zero attached hydrogens (tertiary/aromatic N) is 5. The average Bonchev–Trinajstić information content (AvgIpc) is 3.42. The summed E-state index contributed by atoms with van der Waals surface area (Å²) in [4.78, 5) is 14.9. The van der Waals surface area contributed by atoms with Crippen LogP contribution in [0.1, 0.15) is 25.2 Å². The number of carbonyl (C=O) groups is 1. The Kier molecular flexibility index (Phi) is 5.51. The van der Waals surface area contributed by atoms with Crippen LogP contribution in [0.15, 0.2) is 47.4 Å². The van der Waals surface area contributed by atoms with E-state index in [0.717, 1.165) is 10.8 Å². The van der Waals surface area contributed by atoms with Crippen molar-refractivity contribution in [3.63, 3.8) is 0 Å². The lowest BCUT2D eigenvalue weighted by molar-refractivity contribution is -0.135. The molecule has 0 radical (unpaired) electrons. The molecule has 2 heterocycles. The predicted octanol–water partition coefficient (Wildman–Crippen LogP) is 1.63. The van der Waals surface area contributed by atoms with E-state index in [4.69, 9.17) is 0 Å². The number of carbonyl (C=O) groups excluding carboxylic acids is 1. The van der Waals surface area contributed by atoms with E-state index in [0.29, 0.717) is 12.2 Å². The predicted molar refractivity (Wildman–Crippen MR) is 114 cm³/mol. The third-order valence-corrected chi connectivity index (χ3v) is 7.78. The molecule has 2 aromatic carbocycles. The second kappa shape index (κ2) is 7.97. The molecule has 0 aliphatic carbocycles. The van der Waals surface area contributed by atoms with Gasteiger partial charge in [-0.15, -0.1) is 5.10 Å². The van der Waals surface area contributed by atoms with E-state index in [1.165, 1.54) is 9.21 Å². The molecular formula is C19H22N6O3S2. The van der Waals surface area contributed by atoms with Gasteiger partial charge in [-0.25, -0.2) is 13.5 Å². The molecule has 158 valence electrons. The summed E-state index contributed by atoms with van der Waals surface area (Å²) in [5.74, 6) is 0.107. The van der Waals surface area contributed by atoms with Crippen LogP contribution in [0.3, 0.4) is 0 Å². The molecule has 1 aliphatic rings. The van der Waals surface area contributed by atoms with Crippen LogP contribution in [-0.2, 0) is 14.8 Å². The molecule has 9 nitrogen and oxygen atoms in total. The van der Waals surface area contributed by atoms with Gasteiger partial charge in [-0.1, -0.05) is 30.3 Å². The number of likely N-dealkylation sites (N-methyl/N-ethyl adjacent to an activating group) is 1. The van der Waals surface area contributed by atoms with Crippen molar-refractivity contribution in [1.29, 1.82) is 0 Å². The summed E-state index contributed by atoms with van der Waals surface area (Å²) in [6.07, 6.45) is 0.334. The first-order chi connectivity index (χ1) is 14.3. The van der Waals surface area contributed by atoms with Gasteiger partial charge in [0.2, 0.25) is 15.9 Å². The molecule has 3 aromatic rings. The molecule has 1 N–H and O–H groups in total. The first kappa shape index (κ1) is 20.8. The quantitative estimate of drug-likeness (QED) is 0.576. The van der Waals surface area contributed by atoms with Crippen molar-refractivity contribution in [2.75, 3.05) is 13.6 Å². The summed E-state index contributed by atoms with van der Waals surface area (Å²) in [7, 11) is -2.27. The van der Waals surface area contributed by atoms with Crippen molar-refractivity contribution in [1.82, 2.24) is 29.8 Å². The number of rotatable bonds is 5. The fourth-order valence-electron chi connectivity index (χ4n) is 3.69. The van der Waals surface area contributed by atoms with Gasteiger partial charge in [0.25, 0.3) is 0 Å². The molecule has 1 fully saturated rings. The fourth-order valence-corrected chi connectivity index (χ4v) is 5.85. The molecule has 30 heavy (non-hydrogen) atoms. The molecule has 1 aromatic heterocycles. The highest BCUT2D eigenvalue weighted by Crippen LogP contribution is 2.32. The molecule has 0 bridgehead atoms. The summed E-state index contributed by atoms with van der Waals surface area (Å²) in [6, 6.07) is 11.3. The molecule has 1 saturated heterocycles. The van der Waals surface area contributed by atoms with Crippen molar-refractivity contribution in [2.24, 2.45) is 0 Å². The van der Waals surface area contributed by atoms with E-state index >= 15 is 0 Å². The van der Waals surface area contributed by atoms with Crippen molar-refractivity contribution in [3.8, 4) is 0 Å². The van der Waals surface area contributed by atoms with Crippen LogP contribution < -0.4 is 0 Å². The summed E-state index contributed by atoms with van der Waals surface area (Å²) >= 11 is 4.47. The number of thiol groups is 1. The SMILES string of the molecule is CC(c1nnn[nH]1)N(C)C(=O)[C@@H]1C[C@@H](S)CN1S(=O)(=O)c1ccc2ccccc2c1. The van der Waals surface area contributed by atoms with Crippen LogP contribution in [0.5, 0.6) is 0 Å². The Morgan fingerprint density at radius 3 is 2.70 bits per heavy atom. The smallest absolute Gasteiger partial charge is 0.243 e. The summed E-state index contributed by atoms with van der Waals surface area (Å²) < 4.78 is 28.1. The molecular weight excluding hydrogens is 424 g/mol. The van der Waals surface area contributed by atoms with E-state index in [1.54, 1.807) is 32.2 Å². The maximum absolute atomic E-state index is 13.4. The molecule has 4 rings (SSSR count). The Bertz CT molecular complexity index is 1170. The minimum absolute atomic E-state index is 0.163. The Morgan fingerprint density at radius 1 is 1.27 bits per heavy atom. The topological polar surface area (TPSA) is 112 Å². The Labute approximate surface area is 179 Å². The van der Waals surface area contributed by atoms with Crippen molar-refractivity contribution < 1.29 is 13.2 Å². The molecule has 3 atom stereocenters. The minimum atomic E-state index is -3.88. The largest absolute Gasteiger partial charge is 0.334 e. The molecule has 1 aliphatic heterocycles. The maximum atomic E-state index is 13.4. The van der Waals surface area contributed by atoms with Gasteiger partial charge in [-0.2, -0.15) is 16.9 Å². The Hall–Kier alpha value is -2.50. The van der Waals surface area contributed by atoms with E-state index in [-0.39, 0.29) is 22.6 Å². The average molecular weight is 447 g/mol. The number of hydrogen-bond donors (Lipinski definition) is 2. The van der Waals surface area contributed by atoms with Gasteiger partial charge in [0.05, 0.1) is 10.9 Å². The van der Waals surface area contributed by atoms with Gasteiger partial charge in [-0.3, -0.25) is 4.79 Å². The number of hydrogen-bond acceptors (Lipinski definition) is 7. The lowest BCUT2D eigenvalue weighted by Gasteiger charge is -2.30. The van der Waals surface area contributed by atoms with Crippen LogP contribution in [-0.4, -0.2) is 69.0 Å². The zero-order chi connectivity index (χ0) is 21.5. The van der Waals surface area contributed by atoms with Gasteiger partial charge >= 0.3 is 0 Å². The first-order valence-corrected chi connectivity index (χ1v) is 11.4. The Balaban J connectivity index is 1.64. The minimum Gasteiger partial charge on any atom is -0.334 e. The maximum Gasteiger partial charge on any atom is 0.243 e. The standard InChI is InChI=1S/C19H22N6O3S2/c1-12(18-20-22-23-21-18)24(2)19(26)17-10-15(29)11-25(17)30(27,28)16-8-7-13-5-3-4-6-14(13)9-16/h3-9,12,15,17,29H,10-11H2,1-2H3,(H,20,21,22,23)/t12?,15-,17+/m1/s1. The monoisotopic (exact) mass is 446 g/mol. The summed E-state index contributed by atoms with van der Waals surface area (Å²) in [6.45, 7) is 1.94. The number of amides is 1. The number of benzene rings is 2. The van der Waals surface area contributed by atoms with Gasteiger partial charge in [0.15, 0.2) is 5.82 Å². The highest BCUT2D eigenvalue weighted by molar-refractivity contribution is 7.89. The zero-order valence-electron chi connectivity index (χ0n) is 16.5. The molecule has 11 heteroatoms. The van der Waals surface area contributed by atoms with E-state index in [2.05, 4.69) is 33.3 Å². The molecule has 0 saturated carbocycles. The van der Waals surface area contributed by atoms with Crippen LogP contribution in [0.2, 0.25) is 0 Å². The number of sulfonamides is 1. The molecule has 1 unspecified atom stereocenters. The summed E-state index contributed by atoms with van der Waals surface area (Å²) in [5, 5.41) is 15.1. The van der Waals surface area contributed by atoms with Crippen molar-refractivity contribution in [3.05, 3.63) is 48.3 Å². The normalized spacial score (nSPS) is 21.0. The van der Waals surface area contributed by atoms with Crippen LogP contribution in [0, 0.1) is 0 Å².